The molecule has 1 unspecified atom stereocenters. The van der Waals surface area contributed by atoms with Crippen LogP contribution in [0.3, 0.4) is 0 Å². The van der Waals surface area contributed by atoms with E-state index in [0.29, 0.717) is 13.0 Å². The van der Waals surface area contributed by atoms with Crippen molar-refractivity contribution in [3.05, 3.63) is 0 Å². The molecule has 1 fully saturated rings. The van der Waals surface area contributed by atoms with Crippen molar-refractivity contribution in [2.45, 2.75) is 32.9 Å². The third-order valence-electron chi connectivity index (χ3n) is 1.85. The quantitative estimate of drug-likeness (QED) is 0.705. The highest BCUT2D eigenvalue weighted by molar-refractivity contribution is 4.74. The SMILES string of the molecule is CC.OCCCN1CCC(F)C1. The van der Waals surface area contributed by atoms with E-state index >= 15 is 0 Å². The lowest BCUT2D eigenvalue weighted by Crippen LogP contribution is -2.22. The molecule has 2 nitrogen and oxygen atoms in total. The number of likely N-dealkylation sites (tertiary alicyclic amines) is 1. The normalized spacial score (nSPS) is 23.5. The van der Waals surface area contributed by atoms with E-state index < -0.39 is 6.17 Å². The van der Waals surface area contributed by atoms with Crippen LogP contribution in [0.15, 0.2) is 0 Å². The molecule has 3 heteroatoms. The van der Waals surface area contributed by atoms with Gasteiger partial charge in [-0.2, -0.15) is 0 Å². The van der Waals surface area contributed by atoms with E-state index in [-0.39, 0.29) is 6.61 Å². The number of aliphatic hydroxyl groups excluding tert-OH is 1. The Kier molecular flexibility index (Phi) is 7.40. The van der Waals surface area contributed by atoms with Crippen LogP contribution < -0.4 is 0 Å². The van der Waals surface area contributed by atoms with E-state index in [1.807, 2.05) is 13.8 Å². The van der Waals surface area contributed by atoms with Gasteiger partial charge in [-0.25, -0.2) is 4.39 Å². The maximum absolute atomic E-state index is 12.5. The lowest BCUT2D eigenvalue weighted by atomic mass is 10.3. The number of nitrogens with zero attached hydrogens (tertiary/aromatic N) is 1. The fourth-order valence-corrected chi connectivity index (χ4v) is 1.28. The van der Waals surface area contributed by atoms with Crippen molar-refractivity contribution in [1.82, 2.24) is 4.90 Å². The Morgan fingerprint density at radius 3 is 2.58 bits per heavy atom. The first kappa shape index (κ1) is 11.8. The van der Waals surface area contributed by atoms with Gasteiger partial charge in [0.2, 0.25) is 0 Å². The summed E-state index contributed by atoms with van der Waals surface area (Å²) >= 11 is 0. The molecule has 0 spiro atoms. The molecule has 0 radical (unpaired) electrons. The molecule has 0 aromatic carbocycles. The van der Waals surface area contributed by atoms with Crippen LogP contribution in [0.5, 0.6) is 0 Å². The monoisotopic (exact) mass is 177 g/mol. The maximum Gasteiger partial charge on any atom is 0.114 e. The van der Waals surface area contributed by atoms with Crippen LogP contribution in [-0.2, 0) is 0 Å². The molecule has 1 atom stereocenters. The van der Waals surface area contributed by atoms with Crippen LogP contribution in [0.2, 0.25) is 0 Å². The standard InChI is InChI=1S/C7H14FNO.C2H6/c8-7-2-4-9(6-7)3-1-5-10;1-2/h7,10H,1-6H2;1-2H3. The van der Waals surface area contributed by atoms with E-state index in [4.69, 9.17) is 5.11 Å². The zero-order valence-corrected chi connectivity index (χ0v) is 8.09. The zero-order valence-electron chi connectivity index (χ0n) is 8.09. The molecular formula is C9H20FNO. The molecule has 12 heavy (non-hydrogen) atoms. The Morgan fingerprint density at radius 2 is 2.17 bits per heavy atom. The molecule has 1 aliphatic heterocycles. The van der Waals surface area contributed by atoms with E-state index in [1.165, 1.54) is 0 Å². The van der Waals surface area contributed by atoms with Crippen LogP contribution in [0.25, 0.3) is 0 Å². The predicted molar refractivity (Wildman–Crippen MR) is 49.0 cm³/mol. The van der Waals surface area contributed by atoms with Gasteiger partial charge in [0.25, 0.3) is 0 Å². The molecule has 1 rings (SSSR count). The van der Waals surface area contributed by atoms with Crippen LogP contribution in [0, 0.1) is 0 Å². The van der Waals surface area contributed by atoms with E-state index in [2.05, 4.69) is 4.90 Å². The average molecular weight is 177 g/mol. The van der Waals surface area contributed by atoms with E-state index in [0.717, 1.165) is 19.5 Å². The highest BCUT2D eigenvalue weighted by Crippen LogP contribution is 2.11. The van der Waals surface area contributed by atoms with E-state index in [1.54, 1.807) is 0 Å². The summed E-state index contributed by atoms with van der Waals surface area (Å²) in [5, 5.41) is 8.47. The summed E-state index contributed by atoms with van der Waals surface area (Å²) in [6, 6.07) is 0. The van der Waals surface area contributed by atoms with Gasteiger partial charge in [-0.3, -0.25) is 0 Å². The van der Waals surface area contributed by atoms with Gasteiger partial charge in [0.15, 0.2) is 0 Å². The molecule has 0 bridgehead atoms. The molecule has 0 amide bonds. The highest BCUT2D eigenvalue weighted by Gasteiger charge is 2.20. The number of hydrogen-bond acceptors (Lipinski definition) is 2. The Labute approximate surface area is 74.4 Å². The molecule has 1 heterocycles. The summed E-state index contributed by atoms with van der Waals surface area (Å²) < 4.78 is 12.5. The van der Waals surface area contributed by atoms with Crippen LogP contribution >= 0.6 is 0 Å². The van der Waals surface area contributed by atoms with Crippen LogP contribution in [0.4, 0.5) is 4.39 Å². The molecule has 0 saturated carbocycles. The fourth-order valence-electron chi connectivity index (χ4n) is 1.28. The number of rotatable bonds is 3. The third kappa shape index (κ3) is 4.67. The molecular weight excluding hydrogens is 157 g/mol. The van der Waals surface area contributed by atoms with Crippen molar-refractivity contribution in [3.8, 4) is 0 Å². The number of halogens is 1. The van der Waals surface area contributed by atoms with Crippen molar-refractivity contribution >= 4 is 0 Å². The van der Waals surface area contributed by atoms with Crippen molar-refractivity contribution in [2.24, 2.45) is 0 Å². The van der Waals surface area contributed by atoms with Gasteiger partial charge in [0.1, 0.15) is 6.17 Å². The first-order valence-corrected chi connectivity index (χ1v) is 4.80. The molecule has 74 valence electrons. The highest BCUT2D eigenvalue weighted by atomic mass is 19.1. The van der Waals surface area contributed by atoms with Gasteiger partial charge in [-0.1, -0.05) is 13.8 Å². The Hall–Kier alpha value is -0.150. The van der Waals surface area contributed by atoms with Gasteiger partial charge in [-0.05, 0) is 12.8 Å². The average Bonchev–Trinajstić information content (AvgIpc) is 2.51. The lowest BCUT2D eigenvalue weighted by molar-refractivity contribution is 0.237. The minimum absolute atomic E-state index is 0.216. The fraction of sp³-hybridized carbons (Fsp3) is 1.00. The van der Waals surface area contributed by atoms with Gasteiger partial charge in [-0.15, -0.1) is 0 Å². The van der Waals surface area contributed by atoms with Crippen molar-refractivity contribution in [2.75, 3.05) is 26.2 Å². The van der Waals surface area contributed by atoms with Crippen molar-refractivity contribution in [1.29, 1.82) is 0 Å². The molecule has 0 aliphatic carbocycles. The van der Waals surface area contributed by atoms with Gasteiger partial charge in [0, 0.05) is 26.2 Å². The summed E-state index contributed by atoms with van der Waals surface area (Å²) in [6.07, 6.45) is 0.816. The molecule has 1 N–H and O–H groups in total. The molecule has 1 aliphatic rings. The number of aliphatic hydroxyl groups is 1. The maximum atomic E-state index is 12.5. The Morgan fingerprint density at radius 1 is 1.50 bits per heavy atom. The Bertz CT molecular complexity index is 101. The van der Waals surface area contributed by atoms with Gasteiger partial charge >= 0.3 is 0 Å². The first-order valence-electron chi connectivity index (χ1n) is 4.80. The van der Waals surface area contributed by atoms with Crippen molar-refractivity contribution < 1.29 is 9.50 Å². The molecule has 1 saturated heterocycles. The third-order valence-corrected chi connectivity index (χ3v) is 1.85. The zero-order chi connectivity index (χ0) is 9.40. The van der Waals surface area contributed by atoms with E-state index in [9.17, 15) is 4.39 Å². The van der Waals surface area contributed by atoms with Crippen molar-refractivity contribution in [3.63, 3.8) is 0 Å². The largest absolute Gasteiger partial charge is 0.396 e. The summed E-state index contributed by atoms with van der Waals surface area (Å²) in [4.78, 5) is 2.06. The molecule has 0 aromatic rings. The second kappa shape index (κ2) is 7.50. The minimum atomic E-state index is -0.626. The Balaban J connectivity index is 0.000000561. The van der Waals surface area contributed by atoms with Crippen LogP contribution in [-0.4, -0.2) is 42.4 Å². The topological polar surface area (TPSA) is 23.5 Å². The summed E-state index contributed by atoms with van der Waals surface area (Å²) in [7, 11) is 0. The smallest absolute Gasteiger partial charge is 0.114 e. The lowest BCUT2D eigenvalue weighted by Gasteiger charge is -2.12. The first-order chi connectivity index (χ1) is 5.83. The number of hydrogen-bond donors (Lipinski definition) is 1. The summed E-state index contributed by atoms with van der Waals surface area (Å²) in [5.41, 5.74) is 0. The molecule has 0 aromatic heterocycles. The predicted octanol–water partition coefficient (Wildman–Crippen LogP) is 1.44. The second-order valence-corrected chi connectivity index (χ2v) is 2.76. The second-order valence-electron chi connectivity index (χ2n) is 2.76. The van der Waals surface area contributed by atoms with Crippen LogP contribution in [0.1, 0.15) is 26.7 Å². The summed E-state index contributed by atoms with van der Waals surface area (Å²) in [6.45, 7) is 6.49. The summed E-state index contributed by atoms with van der Waals surface area (Å²) in [5.74, 6) is 0. The van der Waals surface area contributed by atoms with Gasteiger partial charge in [0.05, 0.1) is 0 Å². The number of alkyl halides is 1. The van der Waals surface area contributed by atoms with Gasteiger partial charge < -0.3 is 10.0 Å². The minimum Gasteiger partial charge on any atom is -0.396 e.